The predicted octanol–water partition coefficient (Wildman–Crippen LogP) is 3.01. The Morgan fingerprint density at radius 3 is 2.62 bits per heavy atom. The zero-order valence-electron chi connectivity index (χ0n) is 21.2. The van der Waals surface area contributed by atoms with E-state index < -0.39 is 11.3 Å². The van der Waals surface area contributed by atoms with E-state index in [0.717, 1.165) is 48.8 Å². The summed E-state index contributed by atoms with van der Waals surface area (Å²) in [6, 6.07) is 5.70. The van der Waals surface area contributed by atoms with Crippen LogP contribution in [0, 0.1) is 11.3 Å². The first kappa shape index (κ1) is 22.8. The molecule has 192 valence electrons. The summed E-state index contributed by atoms with van der Waals surface area (Å²) in [6.45, 7) is 6.13. The van der Waals surface area contributed by atoms with Gasteiger partial charge in [0.05, 0.1) is 18.2 Å². The standard InChI is InChI=1S/C27H30FN7O2/c1-17-11-34(24(36)27-12-26(28,13-27)15-37-27)18(2)10-33(17)22-21-23(32-16-31-22)35(14-25(21)5-3-6-25)20-8-19(9-29)4-7-30-20/h4,7-8,16-18H,3,5-6,10-15H2,1-2H3/t17-,18+,26?,27?/m0/s1. The molecule has 37 heavy (non-hydrogen) atoms. The third kappa shape index (κ3) is 3.16. The highest BCUT2D eigenvalue weighted by atomic mass is 19.1. The molecule has 3 saturated heterocycles. The van der Waals surface area contributed by atoms with Crippen molar-refractivity contribution in [3.8, 4) is 6.07 Å². The first-order chi connectivity index (χ1) is 17.8. The smallest absolute Gasteiger partial charge is 0.255 e. The van der Waals surface area contributed by atoms with Crippen LogP contribution in [0.4, 0.5) is 21.8 Å². The van der Waals surface area contributed by atoms with Gasteiger partial charge in [-0.25, -0.2) is 19.3 Å². The molecule has 0 unspecified atom stereocenters. The lowest BCUT2D eigenvalue weighted by Crippen LogP contribution is -2.65. The lowest BCUT2D eigenvalue weighted by Gasteiger charge is -2.49. The minimum Gasteiger partial charge on any atom is -0.362 e. The highest BCUT2D eigenvalue weighted by Crippen LogP contribution is 2.57. The third-order valence-corrected chi connectivity index (χ3v) is 9.24. The van der Waals surface area contributed by atoms with Crippen LogP contribution in [0.15, 0.2) is 24.7 Å². The van der Waals surface area contributed by atoms with Crippen molar-refractivity contribution in [2.24, 2.45) is 0 Å². The van der Waals surface area contributed by atoms with E-state index in [2.05, 4.69) is 27.8 Å². The van der Waals surface area contributed by atoms with Crippen molar-refractivity contribution < 1.29 is 13.9 Å². The Hall–Kier alpha value is -3.32. The van der Waals surface area contributed by atoms with E-state index in [4.69, 9.17) is 14.7 Å². The number of piperazine rings is 1. The van der Waals surface area contributed by atoms with E-state index >= 15 is 0 Å². The summed E-state index contributed by atoms with van der Waals surface area (Å²) in [5, 5.41) is 9.41. The van der Waals surface area contributed by atoms with Crippen LogP contribution >= 0.6 is 0 Å². The van der Waals surface area contributed by atoms with Gasteiger partial charge in [-0.1, -0.05) is 6.42 Å². The Bertz CT molecular complexity index is 1330. The van der Waals surface area contributed by atoms with Crippen molar-refractivity contribution in [2.75, 3.05) is 36.0 Å². The van der Waals surface area contributed by atoms with Crippen LogP contribution in [0.25, 0.3) is 0 Å². The number of pyridine rings is 1. The highest BCUT2D eigenvalue weighted by molar-refractivity contribution is 5.88. The molecule has 2 bridgehead atoms. The molecule has 0 aromatic carbocycles. The average Bonchev–Trinajstić information content (AvgIpc) is 3.52. The van der Waals surface area contributed by atoms with Crippen LogP contribution in [-0.4, -0.2) is 75.4 Å². The first-order valence-electron chi connectivity index (χ1n) is 13.2. The van der Waals surface area contributed by atoms with Gasteiger partial charge in [-0.15, -0.1) is 0 Å². The molecular weight excluding hydrogens is 473 g/mol. The fraction of sp³-hybridized carbons (Fsp3) is 0.593. The monoisotopic (exact) mass is 503 g/mol. The summed E-state index contributed by atoms with van der Waals surface area (Å²) in [5.74, 6) is 2.44. The molecule has 0 N–H and O–H groups in total. The fourth-order valence-electron chi connectivity index (χ4n) is 7.18. The van der Waals surface area contributed by atoms with Crippen LogP contribution in [0.1, 0.15) is 57.1 Å². The molecule has 6 heterocycles. The van der Waals surface area contributed by atoms with E-state index in [1.807, 2.05) is 17.9 Å². The minimum absolute atomic E-state index is 0.0263. The molecule has 5 fully saturated rings. The van der Waals surface area contributed by atoms with Crippen molar-refractivity contribution in [3.05, 3.63) is 35.8 Å². The molecule has 2 aliphatic carbocycles. The summed E-state index contributed by atoms with van der Waals surface area (Å²) in [5.41, 5.74) is -0.607. The average molecular weight is 504 g/mol. The first-order valence-corrected chi connectivity index (χ1v) is 13.2. The van der Waals surface area contributed by atoms with Gasteiger partial charge < -0.3 is 19.4 Å². The molecule has 0 radical (unpaired) electrons. The highest BCUT2D eigenvalue weighted by Gasteiger charge is 2.68. The Kier molecular flexibility index (Phi) is 4.69. The number of rotatable bonds is 3. The van der Waals surface area contributed by atoms with Gasteiger partial charge in [0, 0.05) is 61.7 Å². The second-order valence-corrected chi connectivity index (χ2v) is 11.7. The number of halogens is 1. The third-order valence-electron chi connectivity index (χ3n) is 9.24. The predicted molar refractivity (Wildman–Crippen MR) is 133 cm³/mol. The molecule has 8 rings (SSSR count). The molecule has 2 aromatic rings. The lowest BCUT2D eigenvalue weighted by molar-refractivity contribution is -0.161. The quantitative estimate of drug-likeness (QED) is 0.631. The zero-order chi connectivity index (χ0) is 25.6. The number of nitriles is 1. The van der Waals surface area contributed by atoms with Crippen LogP contribution in [-0.2, 0) is 14.9 Å². The van der Waals surface area contributed by atoms with Crippen molar-refractivity contribution >= 4 is 23.4 Å². The second-order valence-electron chi connectivity index (χ2n) is 11.7. The molecule has 9 nitrogen and oxygen atoms in total. The van der Waals surface area contributed by atoms with Gasteiger partial charge >= 0.3 is 0 Å². The largest absolute Gasteiger partial charge is 0.362 e. The Morgan fingerprint density at radius 1 is 1.16 bits per heavy atom. The molecule has 6 aliphatic rings. The van der Waals surface area contributed by atoms with Gasteiger partial charge in [0.1, 0.15) is 29.4 Å². The van der Waals surface area contributed by atoms with Gasteiger partial charge in [-0.3, -0.25) is 4.79 Å². The van der Waals surface area contributed by atoms with Crippen LogP contribution in [0.2, 0.25) is 0 Å². The normalized spacial score (nSPS) is 33.1. The number of ether oxygens (including phenoxy) is 1. The molecule has 1 amide bonds. The van der Waals surface area contributed by atoms with Crippen LogP contribution in [0.3, 0.4) is 0 Å². The van der Waals surface area contributed by atoms with Crippen molar-refractivity contribution in [2.45, 2.75) is 74.7 Å². The summed E-state index contributed by atoms with van der Waals surface area (Å²) in [4.78, 5) is 33.9. The SMILES string of the molecule is C[C@@H]1CN(c2ncnc3c2C2(CCC2)CN3c2cc(C#N)ccn2)[C@@H](C)CN1C(=O)C12CC(F)(CO1)C2. The number of nitrogens with zero attached hydrogens (tertiary/aromatic N) is 7. The molecule has 4 aliphatic heterocycles. The summed E-state index contributed by atoms with van der Waals surface area (Å²) in [7, 11) is 0. The molecule has 2 atom stereocenters. The molecule has 2 aromatic heterocycles. The fourth-order valence-corrected chi connectivity index (χ4v) is 7.18. The number of carbonyl (C=O) groups is 1. The van der Waals surface area contributed by atoms with Crippen molar-refractivity contribution in [3.63, 3.8) is 0 Å². The number of hydrogen-bond acceptors (Lipinski definition) is 8. The van der Waals surface area contributed by atoms with E-state index in [9.17, 15) is 14.4 Å². The summed E-state index contributed by atoms with van der Waals surface area (Å²) < 4.78 is 20.1. The van der Waals surface area contributed by atoms with E-state index in [0.29, 0.717) is 18.7 Å². The Balaban J connectivity index is 1.20. The number of aromatic nitrogens is 3. The van der Waals surface area contributed by atoms with Crippen LogP contribution < -0.4 is 9.80 Å². The number of hydrogen-bond donors (Lipinski definition) is 0. The van der Waals surface area contributed by atoms with Crippen molar-refractivity contribution in [1.82, 2.24) is 19.9 Å². The molecule has 1 spiro atoms. The van der Waals surface area contributed by atoms with Gasteiger partial charge in [0.25, 0.3) is 5.91 Å². The van der Waals surface area contributed by atoms with Gasteiger partial charge in [-0.05, 0) is 38.8 Å². The maximum absolute atomic E-state index is 14.4. The summed E-state index contributed by atoms with van der Waals surface area (Å²) >= 11 is 0. The number of carbonyl (C=O) groups excluding carboxylic acids is 1. The molecular formula is C27H30FN7O2. The van der Waals surface area contributed by atoms with E-state index in [-0.39, 0.29) is 42.9 Å². The Morgan fingerprint density at radius 2 is 1.95 bits per heavy atom. The maximum Gasteiger partial charge on any atom is 0.255 e. The van der Waals surface area contributed by atoms with Gasteiger partial charge in [-0.2, -0.15) is 5.26 Å². The van der Waals surface area contributed by atoms with E-state index in [1.165, 1.54) is 0 Å². The van der Waals surface area contributed by atoms with Gasteiger partial charge in [0.2, 0.25) is 0 Å². The van der Waals surface area contributed by atoms with Gasteiger partial charge in [0.15, 0.2) is 5.60 Å². The number of anilines is 3. The number of amides is 1. The summed E-state index contributed by atoms with van der Waals surface area (Å²) in [6.07, 6.45) is 6.91. The lowest BCUT2D eigenvalue weighted by atomic mass is 9.66. The second kappa shape index (κ2) is 7.60. The number of fused-ring (bicyclic) bond motifs is 3. The molecule has 10 heteroatoms. The zero-order valence-corrected chi connectivity index (χ0v) is 21.2. The van der Waals surface area contributed by atoms with Crippen molar-refractivity contribution in [1.29, 1.82) is 5.26 Å². The topological polar surface area (TPSA) is 98.5 Å². The molecule has 2 saturated carbocycles. The van der Waals surface area contributed by atoms with E-state index in [1.54, 1.807) is 18.6 Å². The minimum atomic E-state index is -1.32. The maximum atomic E-state index is 14.4. The van der Waals surface area contributed by atoms with Crippen LogP contribution in [0.5, 0.6) is 0 Å². The Labute approximate surface area is 215 Å². The number of alkyl halides is 1.